The van der Waals surface area contributed by atoms with Gasteiger partial charge in [-0.3, -0.25) is 4.79 Å². The number of rotatable bonds is 5. The van der Waals surface area contributed by atoms with Gasteiger partial charge in [-0.05, 0) is 25.1 Å². The van der Waals surface area contributed by atoms with Crippen LogP contribution in [0, 0.1) is 0 Å². The van der Waals surface area contributed by atoms with Gasteiger partial charge in [-0.1, -0.05) is 29.3 Å². The minimum absolute atomic E-state index is 0.0809. The minimum atomic E-state index is -0.192. The highest BCUT2D eigenvalue weighted by molar-refractivity contribution is 6.39. The van der Waals surface area contributed by atoms with E-state index in [4.69, 9.17) is 28.3 Å². The number of nitrogens with zero attached hydrogens (tertiary/aromatic N) is 1. The van der Waals surface area contributed by atoms with Crippen molar-refractivity contribution in [3.8, 4) is 11.1 Å². The molecule has 2 aromatic rings. The van der Waals surface area contributed by atoms with Crippen LogP contribution in [0.15, 0.2) is 30.5 Å². The van der Waals surface area contributed by atoms with Crippen LogP contribution in [0.3, 0.4) is 0 Å². The van der Waals surface area contributed by atoms with Gasteiger partial charge in [0.1, 0.15) is 5.69 Å². The fourth-order valence-electron chi connectivity index (χ4n) is 2.19. The van der Waals surface area contributed by atoms with Crippen LogP contribution in [-0.4, -0.2) is 40.6 Å². The van der Waals surface area contributed by atoms with Crippen LogP contribution in [0.4, 0.5) is 0 Å². The molecule has 1 aromatic carbocycles. The summed E-state index contributed by atoms with van der Waals surface area (Å²) in [5.41, 5.74) is 1.71. The number of likely N-dealkylation sites (N-methyl/N-ethyl adjacent to an activating group) is 1. The lowest BCUT2D eigenvalue weighted by Crippen LogP contribution is -2.33. The number of aromatic nitrogens is 1. The second-order valence-corrected chi connectivity index (χ2v) is 5.29. The quantitative estimate of drug-likeness (QED) is 0.884. The van der Waals surface area contributed by atoms with Crippen LogP contribution in [0.2, 0.25) is 10.0 Å². The second kappa shape index (κ2) is 6.98. The third kappa shape index (κ3) is 3.23. The van der Waals surface area contributed by atoms with Crippen molar-refractivity contribution in [1.82, 2.24) is 9.88 Å². The molecule has 0 aliphatic carbocycles. The SMILES string of the molecule is CCN(CCO)C(=O)c1[nH]ccc1-c1c(Cl)cccc1Cl. The first-order valence-corrected chi connectivity index (χ1v) is 7.37. The highest BCUT2D eigenvalue weighted by atomic mass is 35.5. The number of H-pyrrole nitrogens is 1. The molecule has 0 bridgehead atoms. The lowest BCUT2D eigenvalue weighted by Gasteiger charge is -2.20. The Morgan fingerprint density at radius 3 is 2.52 bits per heavy atom. The van der Waals surface area contributed by atoms with Crippen molar-refractivity contribution in [3.05, 3.63) is 46.2 Å². The van der Waals surface area contributed by atoms with Gasteiger partial charge < -0.3 is 15.0 Å². The van der Waals surface area contributed by atoms with Gasteiger partial charge in [0.25, 0.3) is 5.91 Å². The fourth-order valence-corrected chi connectivity index (χ4v) is 2.79. The van der Waals surface area contributed by atoms with Crippen molar-refractivity contribution in [3.63, 3.8) is 0 Å². The number of nitrogens with one attached hydrogen (secondary N) is 1. The highest BCUT2D eigenvalue weighted by Crippen LogP contribution is 2.36. The number of carbonyl (C=O) groups excluding carboxylic acids is 1. The summed E-state index contributed by atoms with van der Waals surface area (Å²) in [5, 5.41) is 10.0. The van der Waals surface area contributed by atoms with E-state index in [9.17, 15) is 4.79 Å². The molecule has 0 radical (unpaired) electrons. The third-order valence-corrected chi connectivity index (χ3v) is 3.86. The lowest BCUT2D eigenvalue weighted by atomic mass is 10.1. The maximum Gasteiger partial charge on any atom is 0.270 e. The number of hydrogen-bond donors (Lipinski definition) is 2. The molecule has 1 amide bonds. The Morgan fingerprint density at radius 2 is 1.95 bits per heavy atom. The number of aliphatic hydroxyl groups is 1. The van der Waals surface area contributed by atoms with Crippen LogP contribution < -0.4 is 0 Å². The monoisotopic (exact) mass is 326 g/mol. The molecular formula is C15H16Cl2N2O2. The predicted octanol–water partition coefficient (Wildman–Crippen LogP) is 3.44. The van der Waals surface area contributed by atoms with Gasteiger partial charge in [0.05, 0.1) is 6.61 Å². The molecule has 0 saturated heterocycles. The zero-order valence-corrected chi connectivity index (χ0v) is 13.1. The van der Waals surface area contributed by atoms with E-state index in [2.05, 4.69) is 4.98 Å². The van der Waals surface area contributed by atoms with Crippen LogP contribution >= 0.6 is 23.2 Å². The zero-order chi connectivity index (χ0) is 15.4. The molecule has 2 rings (SSSR count). The Kier molecular flexibility index (Phi) is 5.28. The average molecular weight is 327 g/mol. The summed E-state index contributed by atoms with van der Waals surface area (Å²) in [6.45, 7) is 2.57. The maximum absolute atomic E-state index is 12.5. The minimum Gasteiger partial charge on any atom is -0.395 e. The smallest absolute Gasteiger partial charge is 0.270 e. The van der Waals surface area contributed by atoms with Gasteiger partial charge in [-0.15, -0.1) is 0 Å². The van der Waals surface area contributed by atoms with Crippen LogP contribution in [0.1, 0.15) is 17.4 Å². The van der Waals surface area contributed by atoms with Crippen molar-refractivity contribution in [2.24, 2.45) is 0 Å². The molecule has 0 fully saturated rings. The summed E-state index contributed by atoms with van der Waals surface area (Å²) >= 11 is 12.4. The van der Waals surface area contributed by atoms with Gasteiger partial charge in [0, 0.05) is 40.5 Å². The van der Waals surface area contributed by atoms with Gasteiger partial charge in [0.15, 0.2) is 0 Å². The fraction of sp³-hybridized carbons (Fsp3) is 0.267. The first-order chi connectivity index (χ1) is 10.1. The molecule has 0 aliphatic rings. The Labute approximate surface area is 133 Å². The van der Waals surface area contributed by atoms with Crippen molar-refractivity contribution < 1.29 is 9.90 Å². The molecule has 2 N–H and O–H groups in total. The summed E-state index contributed by atoms with van der Waals surface area (Å²) < 4.78 is 0. The first kappa shape index (κ1) is 15.9. The molecule has 0 saturated carbocycles. The standard InChI is InChI=1S/C15H16Cl2N2O2/c1-2-19(8-9-20)15(21)14-10(6-7-18-14)13-11(16)4-3-5-12(13)17/h3-7,18,20H,2,8-9H2,1H3. The van der Waals surface area contributed by atoms with Crippen molar-refractivity contribution >= 4 is 29.1 Å². The summed E-state index contributed by atoms with van der Waals surface area (Å²) in [7, 11) is 0. The Morgan fingerprint density at radius 1 is 1.29 bits per heavy atom. The number of hydrogen-bond acceptors (Lipinski definition) is 2. The van der Waals surface area contributed by atoms with E-state index in [-0.39, 0.29) is 19.1 Å². The van der Waals surface area contributed by atoms with E-state index in [1.165, 1.54) is 0 Å². The van der Waals surface area contributed by atoms with E-state index in [0.717, 1.165) is 0 Å². The predicted molar refractivity (Wildman–Crippen MR) is 84.9 cm³/mol. The molecule has 0 atom stereocenters. The molecule has 0 aliphatic heterocycles. The number of aliphatic hydroxyl groups excluding tert-OH is 1. The third-order valence-electron chi connectivity index (χ3n) is 3.23. The highest BCUT2D eigenvalue weighted by Gasteiger charge is 2.21. The number of amides is 1. The summed E-state index contributed by atoms with van der Waals surface area (Å²) in [6.07, 6.45) is 1.68. The maximum atomic E-state index is 12.5. The molecule has 6 heteroatoms. The van der Waals surface area contributed by atoms with Crippen molar-refractivity contribution in [1.29, 1.82) is 0 Å². The molecule has 4 nitrogen and oxygen atoms in total. The van der Waals surface area contributed by atoms with Crippen molar-refractivity contribution in [2.75, 3.05) is 19.7 Å². The van der Waals surface area contributed by atoms with Crippen molar-refractivity contribution in [2.45, 2.75) is 6.92 Å². The van der Waals surface area contributed by atoms with E-state index in [0.29, 0.717) is 33.4 Å². The lowest BCUT2D eigenvalue weighted by molar-refractivity contribution is 0.0727. The number of halogens is 2. The topological polar surface area (TPSA) is 56.3 Å². The van der Waals surface area contributed by atoms with Gasteiger partial charge in [-0.2, -0.15) is 0 Å². The Hall–Kier alpha value is -1.49. The van der Waals surface area contributed by atoms with Gasteiger partial charge >= 0.3 is 0 Å². The largest absolute Gasteiger partial charge is 0.395 e. The molecule has 1 aromatic heterocycles. The van der Waals surface area contributed by atoms with Gasteiger partial charge in [-0.25, -0.2) is 0 Å². The number of benzene rings is 1. The van der Waals surface area contributed by atoms with Crippen LogP contribution in [0.5, 0.6) is 0 Å². The molecule has 112 valence electrons. The summed E-state index contributed by atoms with van der Waals surface area (Å²) in [4.78, 5) is 17.0. The number of carbonyl (C=O) groups is 1. The van der Waals surface area contributed by atoms with E-state index < -0.39 is 0 Å². The second-order valence-electron chi connectivity index (χ2n) is 4.47. The zero-order valence-electron chi connectivity index (χ0n) is 11.6. The summed E-state index contributed by atoms with van der Waals surface area (Å²) in [6, 6.07) is 6.99. The van der Waals surface area contributed by atoms with Crippen LogP contribution in [0.25, 0.3) is 11.1 Å². The molecule has 1 heterocycles. The van der Waals surface area contributed by atoms with Gasteiger partial charge in [0.2, 0.25) is 0 Å². The molecular weight excluding hydrogens is 311 g/mol. The first-order valence-electron chi connectivity index (χ1n) is 6.62. The Balaban J connectivity index is 2.46. The number of aromatic amines is 1. The molecule has 21 heavy (non-hydrogen) atoms. The Bertz CT molecular complexity index is 620. The summed E-state index contributed by atoms with van der Waals surface area (Å²) in [5.74, 6) is -0.192. The molecule has 0 spiro atoms. The molecule has 0 unspecified atom stereocenters. The average Bonchev–Trinajstić information content (AvgIpc) is 2.93. The van der Waals surface area contributed by atoms with E-state index >= 15 is 0 Å². The normalized spacial score (nSPS) is 10.7. The van der Waals surface area contributed by atoms with Crippen LogP contribution in [-0.2, 0) is 0 Å². The van der Waals surface area contributed by atoms with E-state index in [1.54, 1.807) is 35.4 Å². The van der Waals surface area contributed by atoms with E-state index in [1.807, 2.05) is 6.92 Å².